The highest BCUT2D eigenvalue weighted by atomic mass is 35.5. The van der Waals surface area contributed by atoms with Crippen molar-refractivity contribution in [3.8, 4) is 11.5 Å². The zero-order chi connectivity index (χ0) is 34.2. The first-order valence-corrected chi connectivity index (χ1v) is 16.8. The van der Waals surface area contributed by atoms with E-state index >= 15 is 0 Å². The van der Waals surface area contributed by atoms with Crippen LogP contribution in [-0.4, -0.2) is 57.5 Å². The third-order valence-corrected chi connectivity index (χ3v) is 9.28. The Morgan fingerprint density at radius 2 is 1.43 bits per heavy atom. The summed E-state index contributed by atoms with van der Waals surface area (Å²) in [5.41, 5.74) is 1.20. The Morgan fingerprint density at radius 1 is 0.809 bits per heavy atom. The van der Waals surface area contributed by atoms with Gasteiger partial charge in [0.1, 0.15) is 12.6 Å². The molecule has 4 aromatic rings. The Morgan fingerprint density at radius 3 is 2.02 bits per heavy atom. The second-order valence-corrected chi connectivity index (χ2v) is 14.3. The van der Waals surface area contributed by atoms with E-state index in [1.165, 1.54) is 37.3 Å². The van der Waals surface area contributed by atoms with Crippen molar-refractivity contribution in [2.75, 3.05) is 25.1 Å². The van der Waals surface area contributed by atoms with Gasteiger partial charge in [-0.2, -0.15) is 0 Å². The van der Waals surface area contributed by atoms with Gasteiger partial charge in [0.25, 0.3) is 10.0 Å². The van der Waals surface area contributed by atoms with Crippen LogP contribution in [0.3, 0.4) is 0 Å². The summed E-state index contributed by atoms with van der Waals surface area (Å²) in [5.74, 6) is -0.374. The topological polar surface area (TPSA) is 105 Å². The van der Waals surface area contributed by atoms with Gasteiger partial charge in [-0.1, -0.05) is 72.3 Å². The summed E-state index contributed by atoms with van der Waals surface area (Å²) >= 11 is 6.32. The van der Waals surface area contributed by atoms with E-state index in [-0.39, 0.29) is 35.2 Å². The molecule has 0 aliphatic carbocycles. The van der Waals surface area contributed by atoms with Gasteiger partial charge in [0, 0.05) is 29.6 Å². The van der Waals surface area contributed by atoms with E-state index in [0.717, 1.165) is 9.87 Å². The standard InChI is InChI=1S/C36H40ClN3O6S/c1-36(2,3)38-35(42)31(22-26-13-8-6-9-14-26)39(24-27-15-12-16-28(37)21-27)34(41)25-40(29-17-10-7-11-18-29)47(43,44)30-19-20-32(45-4)33(23-30)46-5/h6-21,23,31H,22,24-25H2,1-5H3,(H,38,42)/t31-/m1/s1. The van der Waals surface area contributed by atoms with Crippen molar-refractivity contribution in [2.24, 2.45) is 0 Å². The molecule has 47 heavy (non-hydrogen) atoms. The zero-order valence-corrected chi connectivity index (χ0v) is 28.7. The van der Waals surface area contributed by atoms with E-state index in [9.17, 15) is 18.0 Å². The van der Waals surface area contributed by atoms with Crippen LogP contribution < -0.4 is 19.1 Å². The lowest BCUT2D eigenvalue weighted by Crippen LogP contribution is -2.56. The van der Waals surface area contributed by atoms with Crippen LogP contribution in [0.1, 0.15) is 31.9 Å². The molecule has 248 valence electrons. The number of hydrogen-bond donors (Lipinski definition) is 1. The zero-order valence-electron chi connectivity index (χ0n) is 27.1. The van der Waals surface area contributed by atoms with E-state index in [2.05, 4.69) is 5.32 Å². The lowest BCUT2D eigenvalue weighted by Gasteiger charge is -2.35. The average molecular weight is 678 g/mol. The van der Waals surface area contributed by atoms with Gasteiger partial charge in [0.15, 0.2) is 11.5 Å². The number of nitrogens with zero attached hydrogens (tertiary/aromatic N) is 2. The molecule has 0 saturated heterocycles. The maximum absolute atomic E-state index is 14.6. The minimum absolute atomic E-state index is 0.00743. The number of ether oxygens (including phenoxy) is 2. The lowest BCUT2D eigenvalue weighted by atomic mass is 10.0. The van der Waals surface area contributed by atoms with Crippen LogP contribution in [0, 0.1) is 0 Å². The summed E-state index contributed by atoms with van der Waals surface area (Å²) in [5, 5.41) is 3.49. The number of hydrogen-bond acceptors (Lipinski definition) is 6. The summed E-state index contributed by atoms with van der Waals surface area (Å²) in [7, 11) is -1.46. The Balaban J connectivity index is 1.82. The molecule has 4 aromatic carbocycles. The molecule has 0 aromatic heterocycles. The van der Waals surface area contributed by atoms with Crippen LogP contribution in [0.4, 0.5) is 5.69 Å². The second-order valence-electron chi connectivity index (χ2n) is 12.0. The van der Waals surface area contributed by atoms with Crippen molar-refractivity contribution in [2.45, 2.75) is 50.2 Å². The van der Waals surface area contributed by atoms with E-state index in [0.29, 0.717) is 16.3 Å². The SMILES string of the molecule is COc1ccc(S(=O)(=O)N(CC(=O)N(Cc2cccc(Cl)c2)[C@H](Cc2ccccc2)C(=O)NC(C)(C)C)c2ccccc2)cc1OC. The fourth-order valence-corrected chi connectivity index (χ4v) is 6.71. The molecule has 0 spiro atoms. The van der Waals surface area contributed by atoms with Crippen molar-refractivity contribution in [1.29, 1.82) is 0 Å². The Hall–Kier alpha value is -4.54. The van der Waals surface area contributed by atoms with Crippen LogP contribution in [-0.2, 0) is 32.6 Å². The maximum atomic E-state index is 14.6. The van der Waals surface area contributed by atoms with E-state index < -0.39 is 34.1 Å². The highest BCUT2D eigenvalue weighted by Gasteiger charge is 2.36. The molecule has 9 nitrogen and oxygen atoms in total. The molecule has 0 aliphatic heterocycles. The number of amides is 2. The van der Waals surface area contributed by atoms with Crippen LogP contribution in [0.25, 0.3) is 0 Å². The maximum Gasteiger partial charge on any atom is 0.264 e. The predicted molar refractivity (Wildman–Crippen MR) is 184 cm³/mol. The third-order valence-electron chi connectivity index (χ3n) is 7.28. The third kappa shape index (κ3) is 9.27. The summed E-state index contributed by atoms with van der Waals surface area (Å²) in [6.07, 6.45) is 0.197. The molecule has 0 radical (unpaired) electrons. The molecule has 1 N–H and O–H groups in total. The molecule has 11 heteroatoms. The Labute approximate surface area is 282 Å². The molecule has 0 saturated carbocycles. The fraction of sp³-hybridized carbons (Fsp3) is 0.278. The fourth-order valence-electron chi connectivity index (χ4n) is 5.07. The molecule has 4 rings (SSSR count). The predicted octanol–water partition coefficient (Wildman–Crippen LogP) is 6.11. The number of sulfonamides is 1. The highest BCUT2D eigenvalue weighted by molar-refractivity contribution is 7.92. The monoisotopic (exact) mass is 677 g/mol. The Bertz CT molecular complexity index is 1780. The van der Waals surface area contributed by atoms with Crippen LogP contribution in [0.5, 0.6) is 11.5 Å². The van der Waals surface area contributed by atoms with Crippen LogP contribution >= 0.6 is 11.6 Å². The summed E-state index contributed by atoms with van der Waals surface area (Å²) in [6, 6.07) is 28.0. The number of carbonyl (C=O) groups excluding carboxylic acids is 2. The number of rotatable bonds is 13. The minimum atomic E-state index is -4.32. The van der Waals surface area contributed by atoms with Gasteiger partial charge >= 0.3 is 0 Å². The van der Waals surface area contributed by atoms with Crippen molar-refractivity contribution in [3.05, 3.63) is 119 Å². The van der Waals surface area contributed by atoms with Crippen molar-refractivity contribution in [1.82, 2.24) is 10.2 Å². The molecular formula is C36H40ClN3O6S. The molecule has 2 amide bonds. The largest absolute Gasteiger partial charge is 0.493 e. The molecular weight excluding hydrogens is 638 g/mol. The molecule has 0 heterocycles. The van der Waals surface area contributed by atoms with Crippen LogP contribution in [0.2, 0.25) is 5.02 Å². The Kier molecular flexibility index (Phi) is 11.5. The van der Waals surface area contributed by atoms with Crippen molar-refractivity contribution in [3.63, 3.8) is 0 Å². The quantitative estimate of drug-likeness (QED) is 0.183. The molecule has 0 fully saturated rings. The second kappa shape index (κ2) is 15.4. The molecule has 0 aliphatic rings. The molecule has 0 unspecified atom stereocenters. The van der Waals surface area contributed by atoms with Gasteiger partial charge in [0.2, 0.25) is 11.8 Å². The van der Waals surface area contributed by atoms with E-state index in [1.807, 2.05) is 57.2 Å². The summed E-state index contributed by atoms with van der Waals surface area (Å²) < 4.78 is 40.3. The number of methoxy groups -OCH3 is 2. The molecule has 1 atom stereocenters. The van der Waals surface area contributed by atoms with Crippen molar-refractivity contribution >= 4 is 39.1 Å². The number of nitrogens with one attached hydrogen (secondary N) is 1. The van der Waals surface area contributed by atoms with Gasteiger partial charge in [-0.15, -0.1) is 0 Å². The van der Waals surface area contributed by atoms with Gasteiger partial charge in [-0.05, 0) is 68.3 Å². The van der Waals surface area contributed by atoms with Gasteiger partial charge in [0.05, 0.1) is 24.8 Å². The molecule has 0 bridgehead atoms. The summed E-state index contributed by atoms with van der Waals surface area (Å²) in [6.45, 7) is 5.00. The normalized spacial score (nSPS) is 12.1. The number of halogens is 1. The van der Waals surface area contributed by atoms with Gasteiger partial charge in [-0.3, -0.25) is 13.9 Å². The highest BCUT2D eigenvalue weighted by Crippen LogP contribution is 2.32. The first kappa shape index (κ1) is 35.3. The van der Waals surface area contributed by atoms with Gasteiger partial charge < -0.3 is 19.7 Å². The van der Waals surface area contributed by atoms with E-state index in [1.54, 1.807) is 48.5 Å². The number of anilines is 1. The summed E-state index contributed by atoms with van der Waals surface area (Å²) in [4.78, 5) is 29.9. The minimum Gasteiger partial charge on any atom is -0.493 e. The first-order valence-electron chi connectivity index (χ1n) is 15.0. The lowest BCUT2D eigenvalue weighted by molar-refractivity contribution is -0.140. The average Bonchev–Trinajstić information content (AvgIpc) is 3.04. The smallest absolute Gasteiger partial charge is 0.264 e. The number of carbonyl (C=O) groups is 2. The van der Waals surface area contributed by atoms with Crippen molar-refractivity contribution < 1.29 is 27.5 Å². The van der Waals surface area contributed by atoms with E-state index in [4.69, 9.17) is 21.1 Å². The first-order chi connectivity index (χ1) is 22.3. The van der Waals surface area contributed by atoms with Crippen LogP contribution in [0.15, 0.2) is 108 Å². The number of para-hydroxylation sites is 1. The number of benzene rings is 4. The van der Waals surface area contributed by atoms with Gasteiger partial charge in [-0.25, -0.2) is 8.42 Å².